The Kier molecular flexibility index (Phi) is 3.91. The molecule has 1 aliphatic heterocycles. The van der Waals surface area contributed by atoms with Crippen LogP contribution in [0.15, 0.2) is 12.1 Å². The summed E-state index contributed by atoms with van der Waals surface area (Å²) in [4.78, 5) is 2.07. The van der Waals surface area contributed by atoms with Gasteiger partial charge in [0.15, 0.2) is 11.6 Å². The predicted octanol–water partition coefficient (Wildman–Crippen LogP) is 1.63. The van der Waals surface area contributed by atoms with Crippen molar-refractivity contribution in [1.82, 2.24) is 0 Å². The van der Waals surface area contributed by atoms with Crippen LogP contribution in [0.25, 0.3) is 0 Å². The van der Waals surface area contributed by atoms with Crippen LogP contribution in [0, 0.1) is 11.7 Å². The molecule has 0 spiro atoms. The van der Waals surface area contributed by atoms with Crippen LogP contribution in [-0.4, -0.2) is 31.4 Å². The molecule has 0 radical (unpaired) electrons. The Morgan fingerprint density at radius 1 is 1.56 bits per heavy atom. The Bertz CT molecular complexity index is 426. The van der Waals surface area contributed by atoms with Crippen molar-refractivity contribution in [3.8, 4) is 5.75 Å². The van der Waals surface area contributed by atoms with Crippen LogP contribution in [0.3, 0.4) is 0 Å². The molecule has 0 aliphatic carbocycles. The summed E-state index contributed by atoms with van der Waals surface area (Å²) in [5.74, 6) is 0.0650. The standard InChI is InChI=1S/C13H19FN2O2/c1-2-18-13-6-12(11(15)5-10(13)14)16-4-3-9(7-16)8-17/h5-6,9,17H,2-4,7-8,15H2,1H3. The van der Waals surface area contributed by atoms with Gasteiger partial charge in [-0.3, -0.25) is 0 Å². The SMILES string of the molecule is CCOc1cc(N2CCC(CO)C2)c(N)cc1F. The highest BCUT2D eigenvalue weighted by atomic mass is 19.1. The van der Waals surface area contributed by atoms with E-state index in [9.17, 15) is 4.39 Å². The molecule has 18 heavy (non-hydrogen) atoms. The van der Waals surface area contributed by atoms with E-state index in [1.54, 1.807) is 6.07 Å². The molecule has 1 aromatic carbocycles. The lowest BCUT2D eigenvalue weighted by molar-refractivity contribution is 0.238. The number of halogens is 1. The minimum atomic E-state index is -0.434. The molecule has 0 amide bonds. The highest BCUT2D eigenvalue weighted by Crippen LogP contribution is 2.34. The summed E-state index contributed by atoms with van der Waals surface area (Å²) in [5, 5.41) is 9.14. The molecule has 1 aliphatic rings. The van der Waals surface area contributed by atoms with Crippen molar-refractivity contribution in [3.05, 3.63) is 17.9 Å². The Balaban J connectivity index is 2.24. The van der Waals surface area contributed by atoms with E-state index in [-0.39, 0.29) is 18.3 Å². The van der Waals surface area contributed by atoms with Crippen molar-refractivity contribution in [2.24, 2.45) is 5.92 Å². The molecule has 4 nitrogen and oxygen atoms in total. The summed E-state index contributed by atoms with van der Waals surface area (Å²) in [6, 6.07) is 2.94. The summed E-state index contributed by atoms with van der Waals surface area (Å²) in [6.45, 7) is 3.98. The van der Waals surface area contributed by atoms with Gasteiger partial charge in [0.2, 0.25) is 0 Å². The number of aliphatic hydroxyl groups excluding tert-OH is 1. The number of aliphatic hydroxyl groups is 1. The largest absolute Gasteiger partial charge is 0.491 e. The second-order valence-corrected chi connectivity index (χ2v) is 4.56. The van der Waals surface area contributed by atoms with Crippen molar-refractivity contribution in [1.29, 1.82) is 0 Å². The summed E-state index contributed by atoms with van der Waals surface area (Å²) >= 11 is 0. The maximum absolute atomic E-state index is 13.6. The Morgan fingerprint density at radius 2 is 2.33 bits per heavy atom. The van der Waals surface area contributed by atoms with Gasteiger partial charge < -0.3 is 20.5 Å². The molecule has 1 unspecified atom stereocenters. The van der Waals surface area contributed by atoms with Gasteiger partial charge in [0.25, 0.3) is 0 Å². The third-order valence-electron chi connectivity index (χ3n) is 3.27. The van der Waals surface area contributed by atoms with E-state index in [1.807, 2.05) is 6.92 Å². The summed E-state index contributed by atoms with van der Waals surface area (Å²) < 4.78 is 18.8. The van der Waals surface area contributed by atoms with E-state index in [4.69, 9.17) is 15.6 Å². The molecule has 0 aromatic heterocycles. The fraction of sp³-hybridized carbons (Fsp3) is 0.538. The first-order valence-electron chi connectivity index (χ1n) is 6.23. The molecule has 5 heteroatoms. The van der Waals surface area contributed by atoms with E-state index < -0.39 is 5.82 Å². The summed E-state index contributed by atoms with van der Waals surface area (Å²) in [6.07, 6.45) is 0.928. The predicted molar refractivity (Wildman–Crippen MR) is 69.4 cm³/mol. The van der Waals surface area contributed by atoms with Gasteiger partial charge in [0.1, 0.15) is 0 Å². The van der Waals surface area contributed by atoms with Gasteiger partial charge in [-0.25, -0.2) is 4.39 Å². The van der Waals surface area contributed by atoms with Crippen molar-refractivity contribution >= 4 is 11.4 Å². The van der Waals surface area contributed by atoms with Crippen LogP contribution in [0.4, 0.5) is 15.8 Å². The lowest BCUT2D eigenvalue weighted by Crippen LogP contribution is -2.22. The third kappa shape index (κ3) is 2.51. The Morgan fingerprint density at radius 3 is 2.94 bits per heavy atom. The number of benzene rings is 1. The highest BCUT2D eigenvalue weighted by molar-refractivity contribution is 5.70. The van der Waals surface area contributed by atoms with Gasteiger partial charge in [-0.1, -0.05) is 0 Å². The monoisotopic (exact) mass is 254 g/mol. The third-order valence-corrected chi connectivity index (χ3v) is 3.27. The second kappa shape index (κ2) is 5.44. The van der Waals surface area contributed by atoms with Gasteiger partial charge in [-0.15, -0.1) is 0 Å². The fourth-order valence-electron chi connectivity index (χ4n) is 2.30. The van der Waals surface area contributed by atoms with Crippen LogP contribution < -0.4 is 15.4 Å². The number of hydrogen-bond donors (Lipinski definition) is 2. The quantitative estimate of drug-likeness (QED) is 0.802. The maximum atomic E-state index is 13.6. The van der Waals surface area contributed by atoms with Gasteiger partial charge in [-0.05, 0) is 13.3 Å². The number of nitrogen functional groups attached to an aromatic ring is 1. The van der Waals surface area contributed by atoms with Crippen molar-refractivity contribution < 1.29 is 14.2 Å². The molecule has 1 heterocycles. The highest BCUT2D eigenvalue weighted by Gasteiger charge is 2.24. The van der Waals surface area contributed by atoms with Gasteiger partial charge >= 0.3 is 0 Å². The zero-order valence-electron chi connectivity index (χ0n) is 10.5. The van der Waals surface area contributed by atoms with Crippen LogP contribution in [-0.2, 0) is 0 Å². The van der Waals surface area contributed by atoms with Crippen LogP contribution in [0.5, 0.6) is 5.75 Å². The summed E-state index contributed by atoms with van der Waals surface area (Å²) in [5.41, 5.74) is 7.05. The number of anilines is 2. The first-order chi connectivity index (χ1) is 8.65. The Labute approximate surface area is 106 Å². The number of hydrogen-bond acceptors (Lipinski definition) is 4. The van der Waals surface area contributed by atoms with E-state index in [2.05, 4.69) is 4.90 Å². The molecule has 1 aromatic rings. The molecule has 0 bridgehead atoms. The van der Waals surface area contributed by atoms with Crippen molar-refractivity contribution in [3.63, 3.8) is 0 Å². The lowest BCUT2D eigenvalue weighted by atomic mass is 10.1. The molecule has 1 fully saturated rings. The lowest BCUT2D eigenvalue weighted by Gasteiger charge is -2.21. The van der Waals surface area contributed by atoms with Crippen LogP contribution >= 0.6 is 0 Å². The molecule has 0 saturated carbocycles. The van der Waals surface area contributed by atoms with Crippen LogP contribution in [0.2, 0.25) is 0 Å². The Hall–Kier alpha value is -1.49. The number of ether oxygens (including phenoxy) is 1. The van der Waals surface area contributed by atoms with Gasteiger partial charge in [0, 0.05) is 37.7 Å². The number of rotatable bonds is 4. The maximum Gasteiger partial charge on any atom is 0.167 e. The first-order valence-corrected chi connectivity index (χ1v) is 6.23. The van der Waals surface area contributed by atoms with Crippen molar-refractivity contribution in [2.45, 2.75) is 13.3 Å². The molecule has 1 saturated heterocycles. The molecule has 2 rings (SSSR count). The molecular formula is C13H19FN2O2. The molecule has 1 atom stereocenters. The fourth-order valence-corrected chi connectivity index (χ4v) is 2.30. The van der Waals surface area contributed by atoms with Gasteiger partial charge in [-0.2, -0.15) is 0 Å². The van der Waals surface area contributed by atoms with Gasteiger partial charge in [0.05, 0.1) is 18.0 Å². The smallest absolute Gasteiger partial charge is 0.167 e. The molecular weight excluding hydrogens is 235 g/mol. The minimum absolute atomic E-state index is 0.177. The number of nitrogens with zero attached hydrogens (tertiary/aromatic N) is 1. The van der Waals surface area contributed by atoms with Crippen LogP contribution in [0.1, 0.15) is 13.3 Å². The average molecular weight is 254 g/mol. The summed E-state index contributed by atoms with van der Waals surface area (Å²) in [7, 11) is 0. The number of nitrogens with two attached hydrogens (primary N) is 1. The normalized spacial score (nSPS) is 19.3. The van der Waals surface area contributed by atoms with Crippen molar-refractivity contribution in [2.75, 3.05) is 36.9 Å². The van der Waals surface area contributed by atoms with E-state index in [1.165, 1.54) is 6.07 Å². The first kappa shape index (κ1) is 13.0. The zero-order chi connectivity index (χ0) is 13.1. The topological polar surface area (TPSA) is 58.7 Å². The van der Waals surface area contributed by atoms with E-state index >= 15 is 0 Å². The molecule has 100 valence electrons. The zero-order valence-corrected chi connectivity index (χ0v) is 10.5. The van der Waals surface area contributed by atoms with E-state index in [0.717, 1.165) is 25.2 Å². The minimum Gasteiger partial charge on any atom is -0.491 e. The van der Waals surface area contributed by atoms with E-state index in [0.29, 0.717) is 12.3 Å². The second-order valence-electron chi connectivity index (χ2n) is 4.56. The average Bonchev–Trinajstić information content (AvgIpc) is 2.81. The molecule has 3 N–H and O–H groups in total.